The van der Waals surface area contributed by atoms with Crippen LogP contribution in [0.15, 0.2) is 77.5 Å². The monoisotopic (exact) mass is 537 g/mol. The summed E-state index contributed by atoms with van der Waals surface area (Å²) in [6, 6.07) is 0. The van der Waals surface area contributed by atoms with Crippen LogP contribution >= 0.6 is 0 Å². The number of ether oxygens (including phenoxy) is 2. The molecule has 0 aromatic heterocycles. The third kappa shape index (κ3) is 16.7. The highest BCUT2D eigenvalue weighted by Crippen LogP contribution is 2.40. The van der Waals surface area contributed by atoms with E-state index in [1.165, 1.54) is 48.9 Å². The van der Waals surface area contributed by atoms with Gasteiger partial charge < -0.3 is 14.4 Å². The lowest BCUT2D eigenvalue weighted by Crippen LogP contribution is -2.32. The summed E-state index contributed by atoms with van der Waals surface area (Å²) in [5.41, 5.74) is 3.90. The molecule has 0 saturated carbocycles. The van der Waals surface area contributed by atoms with E-state index in [0.717, 1.165) is 32.7 Å². The van der Waals surface area contributed by atoms with Crippen molar-refractivity contribution in [1.82, 2.24) is 15.5 Å². The molecule has 6 heteroatoms. The normalized spacial score (nSPS) is 19.1. The standard InChI is InChI=1S/C26H43N3O2.C3H5N.3CH4.2H2/c1-5-10-25(26(4)13-12-23(3)24(19-26)20-30-6-2)11-9-14-27-21-31-22-28-15-18-29-16-7-8-17-29;1-3-4-2;;;;;/h5,9-13,27-28H,1,6-8,14-22H2,2-4H3;3H,1-2H2;3*1H4;2*1H/b11-9-,25-10+;;;;;;. The minimum atomic E-state index is -0.0492. The molecule has 1 fully saturated rings. The predicted octanol–water partition coefficient (Wildman–Crippen LogP) is 7.41. The Morgan fingerprint density at radius 1 is 1.16 bits per heavy atom. The number of nitrogens with one attached hydrogen (secondary N) is 2. The predicted molar refractivity (Wildman–Crippen MR) is 175 cm³/mol. The molecule has 0 aromatic carbocycles. The molecule has 1 atom stereocenters. The highest BCUT2D eigenvalue weighted by Gasteiger charge is 2.28. The summed E-state index contributed by atoms with van der Waals surface area (Å²) in [5, 5.41) is 6.66. The summed E-state index contributed by atoms with van der Waals surface area (Å²) in [5.74, 6) is 0. The lowest BCUT2D eigenvalue weighted by atomic mass is 9.72. The first-order chi connectivity index (χ1) is 17.0. The molecule has 1 aliphatic carbocycles. The van der Waals surface area contributed by atoms with Crippen molar-refractivity contribution in [2.45, 2.75) is 62.3 Å². The summed E-state index contributed by atoms with van der Waals surface area (Å²) >= 11 is 0. The van der Waals surface area contributed by atoms with Crippen LogP contribution in [0.4, 0.5) is 0 Å². The van der Waals surface area contributed by atoms with E-state index in [-0.39, 0.29) is 30.5 Å². The van der Waals surface area contributed by atoms with E-state index in [0.29, 0.717) is 20.1 Å². The molecule has 2 aliphatic rings. The largest absolute Gasteiger partial charge is 0.377 e. The van der Waals surface area contributed by atoms with Gasteiger partial charge in [0.05, 0.1) is 20.1 Å². The fraction of sp³-hybridized carbons (Fsp3) is 0.594. The Hall–Kier alpha value is -2.09. The fourth-order valence-electron chi connectivity index (χ4n) is 4.06. The van der Waals surface area contributed by atoms with E-state index in [1.807, 2.05) is 13.0 Å². The first-order valence-corrected chi connectivity index (χ1v) is 12.7. The Labute approximate surface area is 239 Å². The van der Waals surface area contributed by atoms with Crippen LogP contribution < -0.4 is 10.6 Å². The van der Waals surface area contributed by atoms with Crippen LogP contribution in [-0.2, 0) is 9.47 Å². The zero-order valence-corrected chi connectivity index (χ0v) is 22.4. The Morgan fingerprint density at radius 2 is 1.82 bits per heavy atom. The second kappa shape index (κ2) is 25.2. The molecule has 1 aliphatic heterocycles. The number of nitrogens with zero attached hydrogens (tertiary/aromatic N) is 2. The molecule has 0 spiro atoms. The van der Waals surface area contributed by atoms with Crippen LogP contribution in [0.25, 0.3) is 0 Å². The third-order valence-corrected chi connectivity index (χ3v) is 6.18. The van der Waals surface area contributed by atoms with Gasteiger partial charge in [0, 0.05) is 40.7 Å². The van der Waals surface area contributed by atoms with Crippen molar-refractivity contribution in [1.29, 1.82) is 0 Å². The van der Waals surface area contributed by atoms with Crippen molar-refractivity contribution >= 4 is 6.72 Å². The molecule has 1 unspecified atom stereocenters. The first kappa shape index (κ1) is 40.4. The van der Waals surface area contributed by atoms with Gasteiger partial charge in [-0.1, -0.05) is 78.8 Å². The van der Waals surface area contributed by atoms with Crippen LogP contribution in [0, 0.1) is 5.41 Å². The van der Waals surface area contributed by atoms with Crippen molar-refractivity contribution in [2.24, 2.45) is 10.4 Å². The smallest absolute Gasteiger partial charge is 0.0985 e. The van der Waals surface area contributed by atoms with Gasteiger partial charge in [-0.05, 0) is 69.6 Å². The Balaban J connectivity index is -0.000000425. The number of hydrogen-bond acceptors (Lipinski definition) is 6. The Bertz CT molecular complexity index is 754. The minimum absolute atomic E-state index is 0. The number of hydrogen-bond donors (Lipinski definition) is 2. The lowest BCUT2D eigenvalue weighted by Gasteiger charge is -2.33. The third-order valence-electron chi connectivity index (χ3n) is 6.18. The van der Waals surface area contributed by atoms with Crippen LogP contribution in [0.5, 0.6) is 0 Å². The van der Waals surface area contributed by atoms with Gasteiger partial charge in [-0.15, -0.1) is 0 Å². The maximum atomic E-state index is 5.68. The summed E-state index contributed by atoms with van der Waals surface area (Å²) < 4.78 is 11.3. The summed E-state index contributed by atoms with van der Waals surface area (Å²) in [6.45, 7) is 24.7. The van der Waals surface area contributed by atoms with Crippen LogP contribution in [-0.4, -0.2) is 71.0 Å². The van der Waals surface area contributed by atoms with Crippen LogP contribution in [0.1, 0.15) is 65.2 Å². The van der Waals surface area contributed by atoms with Crippen molar-refractivity contribution < 1.29 is 12.3 Å². The van der Waals surface area contributed by atoms with Gasteiger partial charge >= 0.3 is 0 Å². The van der Waals surface area contributed by atoms with Crippen molar-refractivity contribution in [3.05, 3.63) is 72.5 Å². The van der Waals surface area contributed by atoms with Gasteiger partial charge in [-0.25, -0.2) is 0 Å². The lowest BCUT2D eigenvalue weighted by molar-refractivity contribution is 0.101. The average molecular weight is 537 g/mol. The molecule has 2 rings (SSSR count). The molecule has 0 radical (unpaired) electrons. The van der Waals surface area contributed by atoms with Gasteiger partial charge in [0.1, 0.15) is 0 Å². The molecular formula is C32H64N4O2. The van der Waals surface area contributed by atoms with E-state index >= 15 is 0 Å². The van der Waals surface area contributed by atoms with Crippen LogP contribution in [0.2, 0.25) is 0 Å². The van der Waals surface area contributed by atoms with Gasteiger partial charge in [-0.3, -0.25) is 15.6 Å². The second-order valence-corrected chi connectivity index (χ2v) is 8.97. The highest BCUT2D eigenvalue weighted by molar-refractivity contribution is 5.42. The number of rotatable bonds is 16. The Morgan fingerprint density at radius 3 is 2.42 bits per heavy atom. The summed E-state index contributed by atoms with van der Waals surface area (Å²) in [4.78, 5) is 5.75. The zero-order valence-electron chi connectivity index (χ0n) is 22.4. The van der Waals surface area contributed by atoms with E-state index in [4.69, 9.17) is 9.47 Å². The summed E-state index contributed by atoms with van der Waals surface area (Å²) in [6.07, 6.45) is 17.9. The van der Waals surface area contributed by atoms with Crippen molar-refractivity contribution in [3.8, 4) is 0 Å². The van der Waals surface area contributed by atoms with Crippen LogP contribution in [0.3, 0.4) is 0 Å². The average Bonchev–Trinajstić information content (AvgIpc) is 3.39. The highest BCUT2D eigenvalue weighted by atomic mass is 16.5. The maximum absolute atomic E-state index is 5.68. The van der Waals surface area contributed by atoms with E-state index in [1.54, 1.807) is 0 Å². The molecule has 1 heterocycles. The molecule has 0 aromatic rings. The maximum Gasteiger partial charge on any atom is 0.0985 e. The minimum Gasteiger partial charge on any atom is -0.377 e. The zero-order chi connectivity index (χ0) is 25.8. The SMILES string of the molecule is C.C.C.C=C/C=C(\C=C/CNCOCNCCN1CCCC1)C1(C)C=CC(C)=C(COCC)C1.C=CN=C.[HH].[HH]. The molecule has 6 nitrogen and oxygen atoms in total. The Kier molecular flexibility index (Phi) is 26.8. The quantitative estimate of drug-likeness (QED) is 0.0931. The first-order valence-electron chi connectivity index (χ1n) is 12.7. The molecule has 1 saturated heterocycles. The molecule has 0 amide bonds. The molecule has 224 valence electrons. The van der Waals surface area contributed by atoms with E-state index in [2.05, 4.69) is 84.6 Å². The van der Waals surface area contributed by atoms with Crippen molar-refractivity contribution in [2.75, 3.05) is 59.4 Å². The molecule has 2 N–H and O–H groups in total. The van der Waals surface area contributed by atoms with Gasteiger partial charge in [0.2, 0.25) is 0 Å². The van der Waals surface area contributed by atoms with Gasteiger partial charge in [0.15, 0.2) is 0 Å². The molecular weight excluding hydrogens is 472 g/mol. The summed E-state index contributed by atoms with van der Waals surface area (Å²) in [7, 11) is 0. The number of likely N-dealkylation sites (tertiary alicyclic amines) is 1. The fourth-order valence-corrected chi connectivity index (χ4v) is 4.06. The van der Waals surface area contributed by atoms with Crippen molar-refractivity contribution in [3.63, 3.8) is 0 Å². The number of aliphatic imine (C=N–C) groups is 1. The second-order valence-electron chi connectivity index (χ2n) is 8.97. The molecule has 0 bridgehead atoms. The van der Waals surface area contributed by atoms with E-state index in [9.17, 15) is 0 Å². The van der Waals surface area contributed by atoms with E-state index < -0.39 is 0 Å². The number of allylic oxidation sites excluding steroid dienone is 7. The molecule has 38 heavy (non-hydrogen) atoms. The topological polar surface area (TPSA) is 58.1 Å². The van der Waals surface area contributed by atoms with Gasteiger partial charge in [-0.2, -0.15) is 0 Å². The van der Waals surface area contributed by atoms with Gasteiger partial charge in [0.25, 0.3) is 0 Å².